The van der Waals surface area contributed by atoms with Gasteiger partial charge in [0.2, 0.25) is 0 Å². The number of aromatic nitrogens is 2. The lowest BCUT2D eigenvalue weighted by Gasteiger charge is -2.09. The summed E-state index contributed by atoms with van der Waals surface area (Å²) < 4.78 is 1.58. The molecule has 1 aromatic heterocycles. The molecule has 0 aliphatic heterocycles. The quantitative estimate of drug-likeness (QED) is 0.736. The minimum absolute atomic E-state index is 0.142. The summed E-state index contributed by atoms with van der Waals surface area (Å²) in [7, 11) is 0. The smallest absolute Gasteiger partial charge is 0.349 e. The zero-order valence-corrected chi connectivity index (χ0v) is 8.53. The van der Waals surface area contributed by atoms with Gasteiger partial charge in [-0.2, -0.15) is 4.98 Å². The molecule has 0 spiro atoms. The second kappa shape index (κ2) is 4.60. The summed E-state index contributed by atoms with van der Waals surface area (Å²) >= 11 is 0. The van der Waals surface area contributed by atoms with E-state index in [1.54, 1.807) is 22.9 Å². The predicted molar refractivity (Wildman–Crippen MR) is 57.6 cm³/mol. The Bertz CT molecular complexity index is 368. The molecule has 1 aromatic rings. The van der Waals surface area contributed by atoms with Crippen LogP contribution in [-0.4, -0.2) is 16.1 Å². The van der Waals surface area contributed by atoms with Crippen molar-refractivity contribution in [3.8, 4) is 0 Å². The van der Waals surface area contributed by atoms with Crippen LogP contribution in [0.4, 0.5) is 5.82 Å². The van der Waals surface area contributed by atoms with Crippen LogP contribution in [-0.2, 0) is 0 Å². The largest absolute Gasteiger partial charge is 0.366 e. The summed E-state index contributed by atoms with van der Waals surface area (Å²) in [5, 5.41) is 2.96. The average molecular weight is 193 g/mol. The van der Waals surface area contributed by atoms with Gasteiger partial charge in [-0.1, -0.05) is 6.08 Å². The van der Waals surface area contributed by atoms with Crippen molar-refractivity contribution in [2.45, 2.75) is 19.9 Å². The molecule has 0 saturated carbocycles. The van der Waals surface area contributed by atoms with Crippen LogP contribution in [0.15, 0.2) is 29.7 Å². The van der Waals surface area contributed by atoms with Gasteiger partial charge in [-0.15, -0.1) is 6.58 Å². The third-order valence-electron chi connectivity index (χ3n) is 1.81. The zero-order chi connectivity index (χ0) is 10.6. The molecule has 1 heterocycles. The van der Waals surface area contributed by atoms with E-state index in [1.807, 2.05) is 13.8 Å². The Labute approximate surface area is 83.3 Å². The first-order valence-electron chi connectivity index (χ1n) is 4.59. The van der Waals surface area contributed by atoms with Gasteiger partial charge in [0.25, 0.3) is 0 Å². The van der Waals surface area contributed by atoms with Crippen molar-refractivity contribution in [1.82, 2.24) is 9.55 Å². The third-order valence-corrected chi connectivity index (χ3v) is 1.81. The molecule has 0 aliphatic rings. The van der Waals surface area contributed by atoms with Crippen LogP contribution in [0.2, 0.25) is 0 Å². The summed E-state index contributed by atoms with van der Waals surface area (Å²) in [5.74, 6) is 0.590. The van der Waals surface area contributed by atoms with E-state index in [-0.39, 0.29) is 11.7 Å². The molecule has 0 bridgehead atoms. The van der Waals surface area contributed by atoms with Crippen molar-refractivity contribution in [3.63, 3.8) is 0 Å². The maximum atomic E-state index is 11.4. The van der Waals surface area contributed by atoms with Gasteiger partial charge in [0.1, 0.15) is 5.82 Å². The van der Waals surface area contributed by atoms with E-state index in [0.29, 0.717) is 12.4 Å². The van der Waals surface area contributed by atoms with Crippen molar-refractivity contribution in [2.24, 2.45) is 0 Å². The van der Waals surface area contributed by atoms with Crippen LogP contribution < -0.4 is 11.0 Å². The minimum Gasteiger partial charge on any atom is -0.366 e. The molecule has 4 nitrogen and oxygen atoms in total. The molecule has 0 aromatic carbocycles. The second-order valence-corrected chi connectivity index (χ2v) is 3.27. The van der Waals surface area contributed by atoms with E-state index in [9.17, 15) is 4.79 Å². The fourth-order valence-corrected chi connectivity index (χ4v) is 1.08. The van der Waals surface area contributed by atoms with Crippen LogP contribution in [0.25, 0.3) is 0 Å². The molecular weight excluding hydrogens is 178 g/mol. The molecular formula is C10H15N3O. The zero-order valence-electron chi connectivity index (χ0n) is 8.53. The molecule has 0 saturated heterocycles. The maximum Gasteiger partial charge on any atom is 0.349 e. The molecule has 0 amide bonds. The van der Waals surface area contributed by atoms with Crippen molar-refractivity contribution >= 4 is 5.82 Å². The predicted octanol–water partition coefficient (Wildman–Crippen LogP) is 1.42. The van der Waals surface area contributed by atoms with Gasteiger partial charge in [-0.3, -0.25) is 4.57 Å². The molecule has 0 atom stereocenters. The number of anilines is 1. The van der Waals surface area contributed by atoms with Crippen molar-refractivity contribution in [3.05, 3.63) is 35.4 Å². The fraction of sp³-hybridized carbons (Fsp3) is 0.400. The molecule has 0 aliphatic carbocycles. The number of nitrogens with zero attached hydrogens (tertiary/aromatic N) is 2. The first-order chi connectivity index (χ1) is 6.65. The van der Waals surface area contributed by atoms with Crippen molar-refractivity contribution in [2.75, 3.05) is 11.9 Å². The van der Waals surface area contributed by atoms with Gasteiger partial charge in [0.05, 0.1) is 0 Å². The summed E-state index contributed by atoms with van der Waals surface area (Å²) in [4.78, 5) is 15.3. The Balaban J connectivity index is 2.89. The lowest BCUT2D eigenvalue weighted by Crippen LogP contribution is -2.24. The second-order valence-electron chi connectivity index (χ2n) is 3.27. The molecule has 1 rings (SSSR count). The Morgan fingerprint density at radius 3 is 2.93 bits per heavy atom. The summed E-state index contributed by atoms with van der Waals surface area (Å²) in [5.41, 5.74) is -0.228. The van der Waals surface area contributed by atoms with Crippen LogP contribution >= 0.6 is 0 Å². The highest BCUT2D eigenvalue weighted by Crippen LogP contribution is 2.02. The Kier molecular flexibility index (Phi) is 3.45. The topological polar surface area (TPSA) is 46.9 Å². The first-order valence-corrected chi connectivity index (χ1v) is 4.59. The SMILES string of the molecule is C=CCNc1ccn(C(C)C)c(=O)n1. The molecule has 4 heteroatoms. The molecule has 76 valence electrons. The fourth-order valence-electron chi connectivity index (χ4n) is 1.08. The number of hydrogen-bond donors (Lipinski definition) is 1. The summed E-state index contributed by atoms with van der Waals surface area (Å²) in [6, 6.07) is 1.92. The van der Waals surface area contributed by atoms with Gasteiger partial charge < -0.3 is 5.32 Å². The molecule has 14 heavy (non-hydrogen) atoms. The Hall–Kier alpha value is -1.58. The standard InChI is InChI=1S/C10H15N3O/c1-4-6-11-9-5-7-13(8(2)3)10(14)12-9/h4-5,7-8H,1,6H2,2-3H3,(H,11,12,14). The number of rotatable bonds is 4. The van der Waals surface area contributed by atoms with E-state index >= 15 is 0 Å². The number of hydrogen-bond acceptors (Lipinski definition) is 3. The average Bonchev–Trinajstić information content (AvgIpc) is 2.14. The van der Waals surface area contributed by atoms with E-state index in [1.165, 1.54) is 0 Å². The van der Waals surface area contributed by atoms with E-state index < -0.39 is 0 Å². The monoisotopic (exact) mass is 193 g/mol. The van der Waals surface area contributed by atoms with Crippen molar-refractivity contribution in [1.29, 1.82) is 0 Å². The number of nitrogens with one attached hydrogen (secondary N) is 1. The van der Waals surface area contributed by atoms with Gasteiger partial charge in [-0.05, 0) is 19.9 Å². The lowest BCUT2D eigenvalue weighted by molar-refractivity contribution is 0.564. The van der Waals surface area contributed by atoms with E-state index in [0.717, 1.165) is 0 Å². The van der Waals surface area contributed by atoms with E-state index in [4.69, 9.17) is 0 Å². The van der Waals surface area contributed by atoms with Gasteiger partial charge in [0.15, 0.2) is 0 Å². The first kappa shape index (κ1) is 10.5. The maximum absolute atomic E-state index is 11.4. The minimum atomic E-state index is -0.228. The van der Waals surface area contributed by atoms with Gasteiger partial charge >= 0.3 is 5.69 Å². The molecule has 0 radical (unpaired) electrons. The highest BCUT2D eigenvalue weighted by molar-refractivity contribution is 5.32. The molecule has 0 fully saturated rings. The summed E-state index contributed by atoms with van der Waals surface area (Å²) in [6.07, 6.45) is 3.46. The molecule has 1 N–H and O–H groups in total. The molecule has 0 unspecified atom stereocenters. The third kappa shape index (κ3) is 2.45. The van der Waals surface area contributed by atoms with Crippen LogP contribution in [0.1, 0.15) is 19.9 Å². The lowest BCUT2D eigenvalue weighted by atomic mass is 10.4. The van der Waals surface area contributed by atoms with Gasteiger partial charge in [0, 0.05) is 18.8 Å². The van der Waals surface area contributed by atoms with E-state index in [2.05, 4.69) is 16.9 Å². The van der Waals surface area contributed by atoms with Gasteiger partial charge in [-0.25, -0.2) is 4.79 Å². The Morgan fingerprint density at radius 2 is 2.43 bits per heavy atom. The highest BCUT2D eigenvalue weighted by atomic mass is 16.1. The van der Waals surface area contributed by atoms with Crippen LogP contribution in [0.3, 0.4) is 0 Å². The van der Waals surface area contributed by atoms with Crippen LogP contribution in [0, 0.1) is 0 Å². The highest BCUT2D eigenvalue weighted by Gasteiger charge is 2.01. The Morgan fingerprint density at radius 1 is 1.71 bits per heavy atom. The normalized spacial score (nSPS) is 10.2. The van der Waals surface area contributed by atoms with Crippen molar-refractivity contribution < 1.29 is 0 Å². The van der Waals surface area contributed by atoms with Crippen LogP contribution in [0.5, 0.6) is 0 Å². The summed E-state index contributed by atoms with van der Waals surface area (Å²) in [6.45, 7) is 8.07.